The normalized spacial score (nSPS) is 12.4. The summed E-state index contributed by atoms with van der Waals surface area (Å²) >= 11 is 0. The van der Waals surface area contributed by atoms with Gasteiger partial charge in [-0.15, -0.1) is 0 Å². The molecule has 0 fully saturated rings. The van der Waals surface area contributed by atoms with Gasteiger partial charge in [-0.1, -0.05) is 0 Å². The van der Waals surface area contributed by atoms with Gasteiger partial charge in [-0.2, -0.15) is 0 Å². The van der Waals surface area contributed by atoms with Crippen molar-refractivity contribution in [3.8, 4) is 28.5 Å². The Balaban J connectivity index is 1.53. The largest absolute Gasteiger partial charge is 0.496 e. The molecule has 0 saturated carbocycles. The molecule has 0 radical (unpaired) electrons. The summed E-state index contributed by atoms with van der Waals surface area (Å²) in [7, 11) is 1.51. The number of benzene rings is 2. The number of hydrogen-bond donors (Lipinski definition) is 1. The summed E-state index contributed by atoms with van der Waals surface area (Å²) in [5.74, 6) is 1.04. The van der Waals surface area contributed by atoms with E-state index in [2.05, 4.69) is 10.3 Å². The lowest BCUT2D eigenvalue weighted by atomic mass is 10.1. The van der Waals surface area contributed by atoms with E-state index in [-0.39, 0.29) is 5.91 Å². The van der Waals surface area contributed by atoms with Crippen molar-refractivity contribution in [1.82, 2.24) is 4.98 Å². The number of nitrogens with one attached hydrogen (secondary N) is 1. The predicted octanol–water partition coefficient (Wildman–Crippen LogP) is 3.92. The van der Waals surface area contributed by atoms with E-state index in [0.29, 0.717) is 53.0 Å². The maximum absolute atomic E-state index is 13.6. The number of halogens is 1. The van der Waals surface area contributed by atoms with E-state index in [1.54, 1.807) is 30.3 Å². The van der Waals surface area contributed by atoms with E-state index >= 15 is 0 Å². The van der Waals surface area contributed by atoms with Crippen LogP contribution in [0.1, 0.15) is 10.4 Å². The molecule has 0 atom stereocenters. The van der Waals surface area contributed by atoms with Crippen LogP contribution in [0.4, 0.5) is 10.1 Å². The van der Waals surface area contributed by atoms with Crippen LogP contribution in [-0.2, 0) is 0 Å². The lowest BCUT2D eigenvalue weighted by Gasteiger charge is -2.19. The van der Waals surface area contributed by atoms with Crippen LogP contribution in [0, 0.1) is 5.82 Å². The fraction of sp³-hybridized carbons (Fsp3) is 0.143. The van der Waals surface area contributed by atoms with E-state index in [0.717, 1.165) is 0 Å². The first kappa shape index (κ1) is 17.8. The summed E-state index contributed by atoms with van der Waals surface area (Å²) < 4.78 is 29.8. The van der Waals surface area contributed by atoms with Gasteiger partial charge in [0.25, 0.3) is 5.91 Å². The number of carbonyl (C=O) groups is 1. The van der Waals surface area contributed by atoms with Gasteiger partial charge in [0.05, 0.1) is 18.4 Å². The minimum absolute atomic E-state index is 0.318. The fourth-order valence-corrected chi connectivity index (χ4v) is 2.89. The third-order valence-corrected chi connectivity index (χ3v) is 4.26. The number of carbonyl (C=O) groups excluding carboxylic acids is 1. The molecule has 4 rings (SSSR count). The highest BCUT2D eigenvalue weighted by atomic mass is 19.1. The second-order valence-corrected chi connectivity index (χ2v) is 6.09. The number of fused-ring (bicyclic) bond motifs is 1. The van der Waals surface area contributed by atoms with Crippen molar-refractivity contribution in [3.05, 3.63) is 66.1 Å². The van der Waals surface area contributed by atoms with Crippen LogP contribution in [0.25, 0.3) is 11.3 Å². The van der Waals surface area contributed by atoms with Crippen molar-refractivity contribution in [2.75, 3.05) is 25.6 Å². The molecule has 2 aromatic carbocycles. The third kappa shape index (κ3) is 3.59. The average molecular weight is 380 g/mol. The van der Waals surface area contributed by atoms with Crippen molar-refractivity contribution in [2.45, 2.75) is 0 Å². The minimum atomic E-state index is -0.391. The number of amides is 1. The third-order valence-electron chi connectivity index (χ3n) is 4.26. The second-order valence-electron chi connectivity index (χ2n) is 6.09. The van der Waals surface area contributed by atoms with Gasteiger partial charge in [0.2, 0.25) is 0 Å². The topological polar surface area (TPSA) is 69.7 Å². The van der Waals surface area contributed by atoms with E-state index < -0.39 is 5.82 Å². The lowest BCUT2D eigenvalue weighted by Crippen LogP contribution is -2.16. The molecule has 1 aromatic heterocycles. The number of rotatable bonds is 4. The Hall–Kier alpha value is -3.61. The van der Waals surface area contributed by atoms with Gasteiger partial charge in [-0.25, -0.2) is 4.39 Å². The Morgan fingerprint density at radius 3 is 2.64 bits per heavy atom. The van der Waals surface area contributed by atoms with E-state index in [1.165, 1.54) is 31.5 Å². The van der Waals surface area contributed by atoms with Crippen LogP contribution >= 0.6 is 0 Å². The molecule has 1 N–H and O–H groups in total. The Morgan fingerprint density at radius 2 is 1.89 bits per heavy atom. The molecular formula is C21H17FN2O4. The Bertz CT molecular complexity index is 1020. The van der Waals surface area contributed by atoms with Gasteiger partial charge in [-0.3, -0.25) is 9.78 Å². The number of methoxy groups -OCH3 is 1. The van der Waals surface area contributed by atoms with E-state index in [9.17, 15) is 9.18 Å². The lowest BCUT2D eigenvalue weighted by molar-refractivity contribution is 0.102. The number of nitrogens with zero attached hydrogens (tertiary/aromatic N) is 1. The van der Waals surface area contributed by atoms with Gasteiger partial charge < -0.3 is 19.5 Å². The number of ether oxygens (including phenoxy) is 3. The van der Waals surface area contributed by atoms with Crippen molar-refractivity contribution in [3.63, 3.8) is 0 Å². The first-order chi connectivity index (χ1) is 13.6. The van der Waals surface area contributed by atoms with Crippen molar-refractivity contribution < 1.29 is 23.4 Å². The van der Waals surface area contributed by atoms with Gasteiger partial charge in [0.15, 0.2) is 11.5 Å². The van der Waals surface area contributed by atoms with Crippen LogP contribution in [-0.4, -0.2) is 31.2 Å². The average Bonchev–Trinajstić information content (AvgIpc) is 2.73. The van der Waals surface area contributed by atoms with Crippen LogP contribution < -0.4 is 19.5 Å². The Labute approximate surface area is 160 Å². The zero-order valence-electron chi connectivity index (χ0n) is 15.1. The van der Waals surface area contributed by atoms with E-state index in [1.807, 2.05) is 0 Å². The smallest absolute Gasteiger partial charge is 0.257 e. The van der Waals surface area contributed by atoms with E-state index in [4.69, 9.17) is 14.2 Å². The first-order valence-corrected chi connectivity index (χ1v) is 8.65. The number of pyridine rings is 1. The highest BCUT2D eigenvalue weighted by Gasteiger charge is 2.14. The molecule has 2 heterocycles. The predicted molar refractivity (Wildman–Crippen MR) is 102 cm³/mol. The summed E-state index contributed by atoms with van der Waals surface area (Å²) in [4.78, 5) is 16.8. The molecule has 3 aromatic rings. The molecule has 0 saturated heterocycles. The summed E-state index contributed by atoms with van der Waals surface area (Å²) in [6, 6.07) is 12.7. The summed E-state index contributed by atoms with van der Waals surface area (Å²) in [6.45, 7) is 0.978. The summed E-state index contributed by atoms with van der Waals surface area (Å²) in [5, 5.41) is 2.80. The molecule has 1 aliphatic rings. The number of aromatic nitrogens is 1. The monoisotopic (exact) mass is 380 g/mol. The van der Waals surface area contributed by atoms with Gasteiger partial charge in [-0.05, 0) is 42.5 Å². The molecular weight excluding hydrogens is 363 g/mol. The first-order valence-electron chi connectivity index (χ1n) is 8.65. The van der Waals surface area contributed by atoms with Crippen molar-refractivity contribution >= 4 is 11.6 Å². The molecule has 0 bridgehead atoms. The highest BCUT2D eigenvalue weighted by Crippen LogP contribution is 2.33. The Kier molecular flexibility index (Phi) is 4.80. The molecule has 1 aliphatic heterocycles. The van der Waals surface area contributed by atoms with Gasteiger partial charge >= 0.3 is 0 Å². The van der Waals surface area contributed by atoms with Crippen molar-refractivity contribution in [1.29, 1.82) is 0 Å². The maximum Gasteiger partial charge on any atom is 0.257 e. The standard InChI is InChI=1S/C21H17FN2O4/c1-26-18-6-3-14(22)10-16(18)17-5-2-13(12-23-17)21(25)24-15-4-7-19-20(11-15)28-9-8-27-19/h2-7,10-12H,8-9H2,1H3,(H,24,25). The number of anilines is 1. The molecule has 7 heteroatoms. The van der Waals surface area contributed by atoms with Gasteiger partial charge in [0.1, 0.15) is 24.8 Å². The fourth-order valence-electron chi connectivity index (χ4n) is 2.89. The zero-order chi connectivity index (χ0) is 19.5. The summed E-state index contributed by atoms with van der Waals surface area (Å²) in [5.41, 5.74) is 1.98. The minimum Gasteiger partial charge on any atom is -0.496 e. The quantitative estimate of drug-likeness (QED) is 0.743. The zero-order valence-corrected chi connectivity index (χ0v) is 15.1. The molecule has 6 nitrogen and oxygen atoms in total. The molecule has 0 spiro atoms. The number of hydrogen-bond acceptors (Lipinski definition) is 5. The maximum atomic E-state index is 13.6. The van der Waals surface area contributed by atoms with Crippen molar-refractivity contribution in [2.24, 2.45) is 0 Å². The van der Waals surface area contributed by atoms with Crippen LogP contribution in [0.5, 0.6) is 17.2 Å². The molecule has 1 amide bonds. The molecule has 0 aliphatic carbocycles. The second kappa shape index (κ2) is 7.56. The van der Waals surface area contributed by atoms with Crippen LogP contribution in [0.15, 0.2) is 54.7 Å². The highest BCUT2D eigenvalue weighted by molar-refractivity contribution is 6.04. The van der Waals surface area contributed by atoms with Crippen LogP contribution in [0.2, 0.25) is 0 Å². The molecule has 28 heavy (non-hydrogen) atoms. The Morgan fingerprint density at radius 1 is 1.07 bits per heavy atom. The summed E-state index contributed by atoms with van der Waals surface area (Å²) in [6.07, 6.45) is 1.44. The molecule has 0 unspecified atom stereocenters. The molecule has 142 valence electrons. The van der Waals surface area contributed by atoms with Gasteiger partial charge in [0, 0.05) is 23.5 Å². The van der Waals surface area contributed by atoms with Crippen LogP contribution in [0.3, 0.4) is 0 Å². The SMILES string of the molecule is COc1ccc(F)cc1-c1ccc(C(=O)Nc2ccc3c(c2)OCCO3)cn1.